The molecule has 1 aromatic carbocycles. The molecule has 3 atom stereocenters. The molecule has 3 aliphatic rings. The van der Waals surface area contributed by atoms with Crippen molar-refractivity contribution < 1.29 is 14.3 Å². The zero-order valence-corrected chi connectivity index (χ0v) is 22.6. The number of carbonyl (C=O) groups excluding carboxylic acids is 1. The maximum atomic E-state index is 13.4. The molecule has 3 aromatic rings. The van der Waals surface area contributed by atoms with Crippen LogP contribution in [0.15, 0.2) is 23.5 Å². The van der Waals surface area contributed by atoms with E-state index in [1.807, 2.05) is 38.8 Å². The summed E-state index contributed by atoms with van der Waals surface area (Å²) in [5.74, 6) is 1.84. The van der Waals surface area contributed by atoms with E-state index >= 15 is 0 Å². The Morgan fingerprint density at radius 3 is 2.81 bits per heavy atom. The highest BCUT2D eigenvalue weighted by Crippen LogP contribution is 2.42. The fourth-order valence-electron chi connectivity index (χ4n) is 5.75. The summed E-state index contributed by atoms with van der Waals surface area (Å²) < 4.78 is 12.0. The molecule has 1 amide bonds. The fraction of sp³-hybridized carbons (Fsp3) is 0.500. The molecule has 0 saturated carbocycles. The van der Waals surface area contributed by atoms with Crippen LogP contribution in [0.3, 0.4) is 0 Å². The standard InChI is InChI=1S/C28H33N5O3S/c1-15(2)35-23-8-20-11-29-10-19(20)7-22(23)32-26-25-21-6-5-18(9-24(21)37-27(25)31-14-30-26)28(34)33-12-16(3)36-17(4)13-33/h7-8,10,14-18H,5-6,9,11-13H2,1-4H3,(H,30,31,32)/t16-,17+,18-/m0/s1. The monoisotopic (exact) mass is 519 g/mol. The van der Waals surface area contributed by atoms with Crippen LogP contribution in [0.5, 0.6) is 5.75 Å². The molecular weight excluding hydrogens is 486 g/mol. The minimum absolute atomic E-state index is 0.00414. The Balaban J connectivity index is 1.29. The number of amides is 1. The summed E-state index contributed by atoms with van der Waals surface area (Å²) in [5, 5.41) is 4.62. The number of aryl methyl sites for hydroxylation is 1. The molecule has 194 valence electrons. The summed E-state index contributed by atoms with van der Waals surface area (Å²) in [6, 6.07) is 4.17. The SMILES string of the molecule is CC(C)Oc1cc2c(cc1Nc1ncnc3sc4c(c13)CC[C@H](C(=O)N1C[C@@H](C)O[C@@H](C)C1)C4)C=NC2. The lowest BCUT2D eigenvalue weighted by Crippen LogP contribution is -2.50. The van der Waals surface area contributed by atoms with Gasteiger partial charge in [0.2, 0.25) is 5.91 Å². The summed E-state index contributed by atoms with van der Waals surface area (Å²) in [7, 11) is 0. The summed E-state index contributed by atoms with van der Waals surface area (Å²) in [4.78, 5) is 31.3. The Hall–Kier alpha value is -3.04. The maximum absolute atomic E-state index is 13.4. The van der Waals surface area contributed by atoms with Gasteiger partial charge in [-0.2, -0.15) is 0 Å². The van der Waals surface area contributed by atoms with Gasteiger partial charge in [0.05, 0.1) is 35.9 Å². The van der Waals surface area contributed by atoms with E-state index in [1.54, 1.807) is 17.7 Å². The van der Waals surface area contributed by atoms with E-state index in [0.29, 0.717) is 19.6 Å². The van der Waals surface area contributed by atoms with Crippen LogP contribution in [-0.4, -0.2) is 58.4 Å². The Bertz CT molecular complexity index is 1370. The molecule has 0 spiro atoms. The third kappa shape index (κ3) is 4.70. The van der Waals surface area contributed by atoms with Crippen molar-refractivity contribution in [2.24, 2.45) is 10.9 Å². The zero-order chi connectivity index (χ0) is 25.7. The second-order valence-corrected chi connectivity index (χ2v) is 11.7. The molecule has 1 aliphatic carbocycles. The number of anilines is 2. The molecule has 0 bridgehead atoms. The van der Waals surface area contributed by atoms with Gasteiger partial charge in [-0.1, -0.05) is 0 Å². The van der Waals surface area contributed by atoms with E-state index in [-0.39, 0.29) is 30.1 Å². The van der Waals surface area contributed by atoms with Gasteiger partial charge in [0.1, 0.15) is 22.7 Å². The normalized spacial score (nSPS) is 22.8. The lowest BCUT2D eigenvalue weighted by molar-refractivity contribution is -0.147. The molecule has 1 saturated heterocycles. The third-order valence-corrected chi connectivity index (χ3v) is 8.44. The number of nitrogens with one attached hydrogen (secondary N) is 1. The first kappa shape index (κ1) is 24.3. The highest BCUT2D eigenvalue weighted by molar-refractivity contribution is 7.19. The quantitative estimate of drug-likeness (QED) is 0.516. The average Bonchev–Trinajstić information content (AvgIpc) is 3.46. The van der Waals surface area contributed by atoms with Crippen molar-refractivity contribution in [1.82, 2.24) is 14.9 Å². The minimum Gasteiger partial charge on any atom is -0.489 e. The van der Waals surface area contributed by atoms with Gasteiger partial charge in [-0.15, -0.1) is 11.3 Å². The molecule has 1 fully saturated rings. The second kappa shape index (κ2) is 9.68. The first-order chi connectivity index (χ1) is 17.9. The fourth-order valence-corrected chi connectivity index (χ4v) is 7.01. The molecule has 2 aromatic heterocycles. The lowest BCUT2D eigenvalue weighted by Gasteiger charge is -2.37. The van der Waals surface area contributed by atoms with Gasteiger partial charge >= 0.3 is 0 Å². The number of aliphatic imine (C=N–C) groups is 1. The van der Waals surface area contributed by atoms with Gasteiger partial charge in [-0.3, -0.25) is 9.79 Å². The third-order valence-electron chi connectivity index (χ3n) is 7.28. The van der Waals surface area contributed by atoms with Gasteiger partial charge in [-0.25, -0.2) is 9.97 Å². The van der Waals surface area contributed by atoms with E-state index in [4.69, 9.17) is 9.47 Å². The minimum atomic E-state index is 0.00414. The van der Waals surface area contributed by atoms with Crippen LogP contribution in [0.1, 0.15) is 55.7 Å². The number of benzene rings is 1. The molecule has 1 N–H and O–H groups in total. The predicted molar refractivity (Wildman–Crippen MR) is 146 cm³/mol. The van der Waals surface area contributed by atoms with Crippen molar-refractivity contribution in [2.45, 2.75) is 71.8 Å². The van der Waals surface area contributed by atoms with Crippen molar-refractivity contribution in [3.8, 4) is 5.75 Å². The molecule has 9 heteroatoms. The molecular formula is C28H33N5O3S. The van der Waals surface area contributed by atoms with Crippen LogP contribution in [0.4, 0.5) is 11.5 Å². The number of fused-ring (bicyclic) bond motifs is 4. The number of hydrogen-bond acceptors (Lipinski definition) is 8. The van der Waals surface area contributed by atoms with Crippen LogP contribution in [-0.2, 0) is 28.9 Å². The summed E-state index contributed by atoms with van der Waals surface area (Å²) in [5.41, 5.74) is 4.41. The van der Waals surface area contributed by atoms with Crippen molar-refractivity contribution in [3.05, 3.63) is 40.0 Å². The highest BCUT2D eigenvalue weighted by Gasteiger charge is 2.34. The summed E-state index contributed by atoms with van der Waals surface area (Å²) >= 11 is 1.69. The highest BCUT2D eigenvalue weighted by atomic mass is 32.1. The lowest BCUT2D eigenvalue weighted by atomic mass is 9.86. The Morgan fingerprint density at radius 2 is 2.03 bits per heavy atom. The van der Waals surface area contributed by atoms with Gasteiger partial charge in [-0.05, 0) is 75.8 Å². The van der Waals surface area contributed by atoms with E-state index < -0.39 is 0 Å². The molecule has 2 aliphatic heterocycles. The van der Waals surface area contributed by atoms with Gasteiger partial charge in [0.25, 0.3) is 0 Å². The number of rotatable bonds is 5. The number of nitrogens with zero attached hydrogens (tertiary/aromatic N) is 4. The summed E-state index contributed by atoms with van der Waals surface area (Å²) in [6.07, 6.45) is 6.17. The molecule has 0 radical (unpaired) electrons. The maximum Gasteiger partial charge on any atom is 0.226 e. The molecule has 4 heterocycles. The van der Waals surface area contributed by atoms with Crippen molar-refractivity contribution in [2.75, 3.05) is 18.4 Å². The van der Waals surface area contributed by atoms with E-state index in [1.165, 1.54) is 16.0 Å². The van der Waals surface area contributed by atoms with Gasteiger partial charge in [0, 0.05) is 30.1 Å². The largest absolute Gasteiger partial charge is 0.489 e. The molecule has 6 rings (SSSR count). The number of thiophene rings is 1. The van der Waals surface area contributed by atoms with Crippen LogP contribution >= 0.6 is 11.3 Å². The Kier molecular flexibility index (Phi) is 6.36. The smallest absolute Gasteiger partial charge is 0.226 e. The first-order valence-corrected chi connectivity index (χ1v) is 14.0. The van der Waals surface area contributed by atoms with Crippen LogP contribution in [0.2, 0.25) is 0 Å². The Labute approximate surface area is 221 Å². The van der Waals surface area contributed by atoms with Crippen LogP contribution < -0.4 is 10.1 Å². The van der Waals surface area contributed by atoms with Crippen molar-refractivity contribution >= 4 is 45.2 Å². The average molecular weight is 520 g/mol. The van der Waals surface area contributed by atoms with E-state index in [2.05, 4.69) is 32.4 Å². The number of aromatic nitrogens is 2. The van der Waals surface area contributed by atoms with E-state index in [0.717, 1.165) is 52.3 Å². The predicted octanol–water partition coefficient (Wildman–Crippen LogP) is 4.90. The van der Waals surface area contributed by atoms with Crippen molar-refractivity contribution in [1.29, 1.82) is 0 Å². The summed E-state index contributed by atoms with van der Waals surface area (Å²) in [6.45, 7) is 10.2. The van der Waals surface area contributed by atoms with Crippen LogP contribution in [0, 0.1) is 5.92 Å². The second-order valence-electron chi connectivity index (χ2n) is 10.7. The number of morpholine rings is 1. The number of hydrogen-bond donors (Lipinski definition) is 1. The molecule has 0 unspecified atom stereocenters. The van der Waals surface area contributed by atoms with Gasteiger partial charge in [0.15, 0.2) is 0 Å². The zero-order valence-electron chi connectivity index (χ0n) is 21.8. The Morgan fingerprint density at radius 1 is 1.22 bits per heavy atom. The van der Waals surface area contributed by atoms with Crippen LogP contribution in [0.25, 0.3) is 10.2 Å². The van der Waals surface area contributed by atoms with E-state index in [9.17, 15) is 4.79 Å². The first-order valence-electron chi connectivity index (χ1n) is 13.2. The molecule has 8 nitrogen and oxygen atoms in total. The van der Waals surface area contributed by atoms with Crippen molar-refractivity contribution in [3.63, 3.8) is 0 Å². The number of carbonyl (C=O) groups is 1. The molecule has 37 heavy (non-hydrogen) atoms. The topological polar surface area (TPSA) is 88.9 Å². The van der Waals surface area contributed by atoms with Gasteiger partial charge < -0.3 is 19.7 Å². The number of ether oxygens (including phenoxy) is 2.